The Balaban J connectivity index is 1.77. The maximum atomic E-state index is 13.6. The maximum absolute atomic E-state index is 13.6. The number of nitrogens with one attached hydrogen (secondary N) is 3. The molecule has 0 aliphatic heterocycles. The molecule has 4 N–H and O–H groups in total. The van der Waals surface area contributed by atoms with Gasteiger partial charge in [0.05, 0.1) is 23.9 Å². The molecule has 0 saturated heterocycles. The van der Waals surface area contributed by atoms with Crippen LogP contribution < -0.4 is 16.0 Å². The third kappa shape index (κ3) is 5.86. The van der Waals surface area contributed by atoms with Crippen molar-refractivity contribution in [3.8, 4) is 0 Å². The van der Waals surface area contributed by atoms with Crippen molar-refractivity contribution in [1.82, 2.24) is 5.32 Å². The molecule has 0 spiro atoms. The Morgan fingerprint density at radius 3 is 2.09 bits per heavy atom. The molecule has 3 aromatic rings. The van der Waals surface area contributed by atoms with Crippen molar-refractivity contribution in [3.05, 3.63) is 95.6 Å². The van der Waals surface area contributed by atoms with Crippen LogP contribution in [0.4, 0.5) is 29.3 Å². The van der Waals surface area contributed by atoms with Gasteiger partial charge in [-0.1, -0.05) is 48.5 Å². The summed E-state index contributed by atoms with van der Waals surface area (Å²) < 4.78 is 40.8. The topological polar surface area (TPSA) is 90.5 Å². The number of benzene rings is 3. The molecule has 0 aliphatic rings. The first-order valence-corrected chi connectivity index (χ1v) is 9.59. The number of amides is 3. The Bertz CT molecular complexity index is 1070. The van der Waals surface area contributed by atoms with E-state index in [9.17, 15) is 27.9 Å². The number of anilines is 2. The SMILES string of the molecule is O=C(Nc1ccc(NC(=O)c2ccccc2)cc1C(F)(F)F)N[C@H](CO)c1ccccc1. The van der Waals surface area contributed by atoms with Crippen LogP contribution in [0.3, 0.4) is 0 Å². The number of rotatable bonds is 6. The number of aliphatic hydroxyl groups excluding tert-OH is 1. The van der Waals surface area contributed by atoms with Crippen LogP contribution in [0.1, 0.15) is 27.5 Å². The quantitative estimate of drug-likeness (QED) is 0.441. The Morgan fingerprint density at radius 2 is 1.50 bits per heavy atom. The fraction of sp³-hybridized carbons (Fsp3) is 0.130. The Hall–Kier alpha value is -3.85. The van der Waals surface area contributed by atoms with Crippen LogP contribution in [0.5, 0.6) is 0 Å². The molecule has 9 heteroatoms. The number of halogens is 3. The maximum Gasteiger partial charge on any atom is 0.418 e. The van der Waals surface area contributed by atoms with Crippen LogP contribution in [-0.4, -0.2) is 23.7 Å². The fourth-order valence-electron chi connectivity index (χ4n) is 2.99. The first-order chi connectivity index (χ1) is 15.3. The predicted octanol–water partition coefficient (Wildman–Crippen LogP) is 4.81. The summed E-state index contributed by atoms with van der Waals surface area (Å²) in [5, 5.41) is 16.6. The summed E-state index contributed by atoms with van der Waals surface area (Å²) in [6, 6.07) is 17.9. The normalized spacial score (nSPS) is 12.0. The molecule has 0 fully saturated rings. The molecule has 3 rings (SSSR count). The number of alkyl halides is 3. The van der Waals surface area contributed by atoms with E-state index < -0.39 is 42.0 Å². The summed E-state index contributed by atoms with van der Waals surface area (Å²) in [4.78, 5) is 24.5. The summed E-state index contributed by atoms with van der Waals surface area (Å²) in [5.41, 5.74) is -0.801. The molecule has 0 radical (unpaired) electrons. The van der Waals surface area contributed by atoms with Gasteiger partial charge in [0, 0.05) is 11.3 Å². The number of hydrogen-bond acceptors (Lipinski definition) is 3. The standard InChI is InChI=1S/C23H20F3N3O3/c24-23(25,26)18-13-17(27-21(31)16-9-5-2-6-10-16)11-12-19(18)28-22(32)29-20(14-30)15-7-3-1-4-8-15/h1-13,20,30H,14H2,(H,27,31)(H2,28,29,32)/t20-/m1/s1. The summed E-state index contributed by atoms with van der Waals surface area (Å²) >= 11 is 0. The van der Waals surface area contributed by atoms with E-state index in [4.69, 9.17) is 0 Å². The van der Waals surface area contributed by atoms with Gasteiger partial charge in [0.2, 0.25) is 0 Å². The monoisotopic (exact) mass is 443 g/mol. The molecular formula is C23H20F3N3O3. The zero-order valence-electron chi connectivity index (χ0n) is 16.7. The van der Waals surface area contributed by atoms with Crippen molar-refractivity contribution in [2.24, 2.45) is 0 Å². The zero-order valence-corrected chi connectivity index (χ0v) is 16.7. The van der Waals surface area contributed by atoms with E-state index in [1.54, 1.807) is 48.5 Å². The second kappa shape index (κ2) is 9.97. The number of carbonyl (C=O) groups is 2. The lowest BCUT2D eigenvalue weighted by molar-refractivity contribution is -0.136. The highest BCUT2D eigenvalue weighted by Crippen LogP contribution is 2.36. The van der Waals surface area contributed by atoms with Crippen LogP contribution in [0.25, 0.3) is 0 Å². The zero-order chi connectivity index (χ0) is 23.1. The van der Waals surface area contributed by atoms with Gasteiger partial charge < -0.3 is 21.1 Å². The highest BCUT2D eigenvalue weighted by Gasteiger charge is 2.34. The van der Waals surface area contributed by atoms with Gasteiger partial charge in [-0.05, 0) is 35.9 Å². The summed E-state index contributed by atoms with van der Waals surface area (Å²) in [6.45, 7) is -0.436. The fourth-order valence-corrected chi connectivity index (χ4v) is 2.99. The van der Waals surface area contributed by atoms with Crippen molar-refractivity contribution in [1.29, 1.82) is 0 Å². The van der Waals surface area contributed by atoms with Crippen LogP contribution >= 0.6 is 0 Å². The van der Waals surface area contributed by atoms with Crippen molar-refractivity contribution in [2.45, 2.75) is 12.2 Å². The lowest BCUT2D eigenvalue weighted by Crippen LogP contribution is -2.35. The molecule has 6 nitrogen and oxygen atoms in total. The first kappa shape index (κ1) is 22.8. The van der Waals surface area contributed by atoms with E-state index in [0.29, 0.717) is 11.1 Å². The Labute approximate surface area is 182 Å². The molecule has 0 bridgehead atoms. The minimum absolute atomic E-state index is 0.0744. The molecule has 0 unspecified atom stereocenters. The van der Waals surface area contributed by atoms with Crippen LogP contribution in [0.15, 0.2) is 78.9 Å². The van der Waals surface area contributed by atoms with Gasteiger partial charge in [-0.25, -0.2) is 4.79 Å². The van der Waals surface area contributed by atoms with Gasteiger partial charge in [0.15, 0.2) is 0 Å². The average Bonchev–Trinajstić information content (AvgIpc) is 2.79. The summed E-state index contributed by atoms with van der Waals surface area (Å²) in [6.07, 6.45) is -4.79. The third-order valence-electron chi connectivity index (χ3n) is 4.56. The molecule has 0 heterocycles. The molecule has 0 aliphatic carbocycles. The molecular weight excluding hydrogens is 423 g/mol. The molecule has 3 aromatic carbocycles. The minimum Gasteiger partial charge on any atom is -0.394 e. The predicted molar refractivity (Wildman–Crippen MR) is 114 cm³/mol. The minimum atomic E-state index is -4.79. The van der Waals surface area contributed by atoms with E-state index in [1.165, 1.54) is 18.2 Å². The average molecular weight is 443 g/mol. The highest BCUT2D eigenvalue weighted by molar-refractivity contribution is 6.04. The van der Waals surface area contributed by atoms with Gasteiger partial charge in [0.25, 0.3) is 5.91 Å². The van der Waals surface area contributed by atoms with Crippen LogP contribution in [0.2, 0.25) is 0 Å². The molecule has 0 aromatic heterocycles. The smallest absolute Gasteiger partial charge is 0.394 e. The van der Waals surface area contributed by atoms with E-state index in [1.807, 2.05) is 0 Å². The van der Waals surface area contributed by atoms with Gasteiger partial charge >= 0.3 is 12.2 Å². The van der Waals surface area contributed by atoms with Crippen molar-refractivity contribution in [2.75, 3.05) is 17.2 Å². The van der Waals surface area contributed by atoms with E-state index >= 15 is 0 Å². The van der Waals surface area contributed by atoms with E-state index in [2.05, 4.69) is 16.0 Å². The highest BCUT2D eigenvalue weighted by atomic mass is 19.4. The number of aliphatic hydroxyl groups is 1. The second-order valence-corrected chi connectivity index (χ2v) is 6.82. The molecule has 166 valence electrons. The lowest BCUT2D eigenvalue weighted by Gasteiger charge is -2.19. The largest absolute Gasteiger partial charge is 0.418 e. The van der Waals surface area contributed by atoms with E-state index in [-0.39, 0.29) is 5.69 Å². The van der Waals surface area contributed by atoms with E-state index in [0.717, 1.165) is 12.1 Å². The van der Waals surface area contributed by atoms with Crippen molar-refractivity contribution in [3.63, 3.8) is 0 Å². The van der Waals surface area contributed by atoms with Gasteiger partial charge in [-0.2, -0.15) is 13.2 Å². The van der Waals surface area contributed by atoms with Crippen LogP contribution in [-0.2, 0) is 6.18 Å². The molecule has 3 amide bonds. The van der Waals surface area contributed by atoms with Gasteiger partial charge in [-0.3, -0.25) is 4.79 Å². The Kier molecular flexibility index (Phi) is 7.11. The lowest BCUT2D eigenvalue weighted by atomic mass is 10.1. The molecule has 0 saturated carbocycles. The number of urea groups is 1. The first-order valence-electron chi connectivity index (χ1n) is 9.59. The van der Waals surface area contributed by atoms with Gasteiger partial charge in [0.1, 0.15) is 0 Å². The number of carbonyl (C=O) groups excluding carboxylic acids is 2. The summed E-state index contributed by atoms with van der Waals surface area (Å²) in [7, 11) is 0. The third-order valence-corrected chi connectivity index (χ3v) is 4.56. The molecule has 32 heavy (non-hydrogen) atoms. The summed E-state index contributed by atoms with van der Waals surface area (Å²) in [5.74, 6) is -0.564. The number of hydrogen-bond donors (Lipinski definition) is 4. The van der Waals surface area contributed by atoms with Crippen molar-refractivity contribution < 1.29 is 27.9 Å². The van der Waals surface area contributed by atoms with Crippen LogP contribution in [0, 0.1) is 0 Å². The van der Waals surface area contributed by atoms with Crippen molar-refractivity contribution >= 4 is 23.3 Å². The molecule has 1 atom stereocenters. The Morgan fingerprint density at radius 1 is 0.875 bits per heavy atom. The van der Waals surface area contributed by atoms with Gasteiger partial charge in [-0.15, -0.1) is 0 Å². The second-order valence-electron chi connectivity index (χ2n) is 6.82.